The summed E-state index contributed by atoms with van der Waals surface area (Å²) in [5.74, 6) is 0.456. The van der Waals surface area contributed by atoms with E-state index < -0.39 is 5.60 Å². The van der Waals surface area contributed by atoms with Crippen LogP contribution in [0, 0.1) is 5.41 Å². The molecule has 1 spiro atoms. The maximum Gasteiger partial charge on any atom is 0.410 e. The molecule has 0 bridgehead atoms. The predicted octanol–water partition coefficient (Wildman–Crippen LogP) is 6.11. The summed E-state index contributed by atoms with van der Waals surface area (Å²) < 4.78 is 19.8. The van der Waals surface area contributed by atoms with Crippen LogP contribution >= 0.6 is 0 Å². The van der Waals surface area contributed by atoms with Crippen LogP contribution in [-0.2, 0) is 20.8 Å². The highest BCUT2D eigenvalue weighted by atomic mass is 16.6. The van der Waals surface area contributed by atoms with Gasteiger partial charge in [-0.2, -0.15) is 5.10 Å². The van der Waals surface area contributed by atoms with E-state index in [2.05, 4.69) is 22.8 Å². The van der Waals surface area contributed by atoms with E-state index in [4.69, 9.17) is 19.3 Å². The van der Waals surface area contributed by atoms with Gasteiger partial charge in [0.2, 0.25) is 0 Å². The van der Waals surface area contributed by atoms with E-state index in [1.54, 1.807) is 4.90 Å². The van der Waals surface area contributed by atoms with Crippen LogP contribution < -0.4 is 0 Å². The fourth-order valence-corrected chi connectivity index (χ4v) is 6.88. The molecule has 2 saturated carbocycles. The zero-order chi connectivity index (χ0) is 27.3. The van der Waals surface area contributed by atoms with Crippen LogP contribution in [0.3, 0.4) is 0 Å². The number of amides is 1. The summed E-state index contributed by atoms with van der Waals surface area (Å²) in [4.78, 5) is 16.4. The van der Waals surface area contributed by atoms with Gasteiger partial charge in [-0.25, -0.2) is 9.48 Å². The average Bonchev–Trinajstić information content (AvgIpc) is 3.31. The van der Waals surface area contributed by atoms with Crippen LogP contribution in [0.15, 0.2) is 6.20 Å². The zero-order valence-electron chi connectivity index (χ0n) is 24.8. The molecule has 3 fully saturated rings. The van der Waals surface area contributed by atoms with Gasteiger partial charge in [-0.1, -0.05) is 19.3 Å². The van der Waals surface area contributed by atoms with Crippen molar-refractivity contribution in [3.63, 3.8) is 0 Å². The van der Waals surface area contributed by atoms with Crippen LogP contribution in [0.5, 0.6) is 0 Å². The van der Waals surface area contributed by atoms with Gasteiger partial charge in [-0.3, -0.25) is 0 Å². The molecule has 1 amide bonds. The monoisotopic (exact) mass is 532 g/mol. The molecule has 1 saturated heterocycles. The van der Waals surface area contributed by atoms with Gasteiger partial charge in [0, 0.05) is 58.1 Å². The first kappa shape index (κ1) is 29.3. The number of methoxy groups -OCH3 is 1. The molecule has 0 N–H and O–H groups in total. The molecule has 1 aliphatic heterocycles. The maximum absolute atomic E-state index is 12.4. The van der Waals surface area contributed by atoms with Gasteiger partial charge in [0.25, 0.3) is 0 Å². The normalized spacial score (nSPS) is 26.0. The number of likely N-dealkylation sites (N-methyl/N-ethyl adjacent to an activating group) is 2. The van der Waals surface area contributed by atoms with Crippen molar-refractivity contribution < 1.29 is 19.0 Å². The second-order valence-corrected chi connectivity index (χ2v) is 13.1. The first-order valence-electron chi connectivity index (χ1n) is 15.0. The molecule has 2 aliphatic carbocycles. The fraction of sp³-hybridized carbons (Fsp3) is 0.867. The highest BCUT2D eigenvalue weighted by Crippen LogP contribution is 2.53. The van der Waals surface area contributed by atoms with Crippen molar-refractivity contribution in [3.8, 4) is 0 Å². The van der Waals surface area contributed by atoms with Gasteiger partial charge in [-0.15, -0.1) is 0 Å². The van der Waals surface area contributed by atoms with Crippen molar-refractivity contribution in [1.82, 2.24) is 19.6 Å². The first-order valence-corrected chi connectivity index (χ1v) is 15.0. The minimum absolute atomic E-state index is 0.0406. The van der Waals surface area contributed by atoms with Crippen LogP contribution in [0.1, 0.15) is 115 Å². The number of hydrogen-bond donors (Lipinski definition) is 0. The van der Waals surface area contributed by atoms with Crippen molar-refractivity contribution >= 4 is 6.09 Å². The Balaban J connectivity index is 1.48. The molecular formula is C30H52N4O4. The second kappa shape index (κ2) is 12.7. The second-order valence-electron chi connectivity index (χ2n) is 13.1. The number of carbonyl (C=O) groups excluding carboxylic acids is 1. The van der Waals surface area contributed by atoms with Crippen molar-refractivity contribution in [2.75, 3.05) is 40.9 Å². The molecule has 1 aromatic rings. The van der Waals surface area contributed by atoms with E-state index in [-0.39, 0.29) is 12.3 Å². The van der Waals surface area contributed by atoms with Gasteiger partial charge in [0.15, 0.2) is 0 Å². The summed E-state index contributed by atoms with van der Waals surface area (Å²) in [6.07, 6.45) is 15.7. The van der Waals surface area contributed by atoms with E-state index >= 15 is 0 Å². The Morgan fingerprint density at radius 1 is 1.11 bits per heavy atom. The Morgan fingerprint density at radius 2 is 1.87 bits per heavy atom. The molecule has 8 heteroatoms. The van der Waals surface area contributed by atoms with Gasteiger partial charge in [0.1, 0.15) is 11.8 Å². The molecule has 0 aromatic carbocycles. The summed E-state index contributed by atoms with van der Waals surface area (Å²) in [5, 5.41) is 5.24. The Labute approximate surface area is 230 Å². The lowest BCUT2D eigenvalue weighted by Gasteiger charge is -2.48. The molecule has 3 atom stereocenters. The Hall–Kier alpha value is -1.64. The third-order valence-electron chi connectivity index (χ3n) is 8.89. The van der Waals surface area contributed by atoms with Crippen LogP contribution in [0.2, 0.25) is 0 Å². The summed E-state index contributed by atoms with van der Waals surface area (Å²) in [7, 11) is 5.85. The molecule has 1 aromatic heterocycles. The molecule has 1 unspecified atom stereocenters. The first-order chi connectivity index (χ1) is 18.1. The molecular weight excluding hydrogens is 480 g/mol. The molecule has 2 heterocycles. The van der Waals surface area contributed by atoms with Crippen molar-refractivity contribution in [3.05, 3.63) is 17.5 Å². The van der Waals surface area contributed by atoms with E-state index in [0.717, 1.165) is 45.4 Å². The molecule has 216 valence electrons. The fourth-order valence-electron chi connectivity index (χ4n) is 6.88. The third kappa shape index (κ3) is 7.30. The molecule has 8 nitrogen and oxygen atoms in total. The average molecular weight is 533 g/mol. The number of ether oxygens (including phenoxy) is 3. The number of carbonyl (C=O) groups is 1. The smallest absolute Gasteiger partial charge is 0.410 e. The summed E-state index contributed by atoms with van der Waals surface area (Å²) >= 11 is 0. The highest BCUT2D eigenvalue weighted by Gasteiger charge is 2.46. The highest BCUT2D eigenvalue weighted by molar-refractivity contribution is 5.67. The maximum atomic E-state index is 12.4. The topological polar surface area (TPSA) is 69.1 Å². The number of aromatic nitrogens is 2. The van der Waals surface area contributed by atoms with E-state index in [1.807, 2.05) is 34.9 Å². The van der Waals surface area contributed by atoms with Gasteiger partial charge >= 0.3 is 6.09 Å². The summed E-state index contributed by atoms with van der Waals surface area (Å²) in [5.41, 5.74) is 2.36. The summed E-state index contributed by atoms with van der Waals surface area (Å²) in [6.45, 7) is 8.70. The summed E-state index contributed by atoms with van der Waals surface area (Å²) in [6, 6.07) is 0. The lowest BCUT2D eigenvalue weighted by Crippen LogP contribution is -2.43. The lowest BCUT2D eigenvalue weighted by atomic mass is 9.60. The van der Waals surface area contributed by atoms with Gasteiger partial charge in [-0.05, 0) is 84.6 Å². The van der Waals surface area contributed by atoms with Crippen molar-refractivity contribution in [2.45, 2.75) is 122 Å². The van der Waals surface area contributed by atoms with Crippen molar-refractivity contribution in [2.24, 2.45) is 5.41 Å². The van der Waals surface area contributed by atoms with E-state index in [9.17, 15) is 4.79 Å². The number of hydrogen-bond acceptors (Lipinski definition) is 6. The Kier molecular flexibility index (Phi) is 9.80. The number of nitrogens with zero attached hydrogens (tertiary/aromatic N) is 4. The van der Waals surface area contributed by atoms with Crippen LogP contribution in [0.25, 0.3) is 0 Å². The largest absolute Gasteiger partial charge is 0.444 e. The van der Waals surface area contributed by atoms with Crippen LogP contribution in [0.4, 0.5) is 4.79 Å². The van der Waals surface area contributed by atoms with Crippen molar-refractivity contribution in [1.29, 1.82) is 0 Å². The van der Waals surface area contributed by atoms with E-state index in [1.165, 1.54) is 56.2 Å². The molecule has 0 radical (unpaired) electrons. The SMILES string of the molecule is CO[C@@H]1CC[C@H](c2nn(C3CCCCO3)cc2CN(C)CCN(C)C(=O)OC(C)(C)C)CC12CCCCC2. The molecule has 3 aliphatic rings. The molecule has 38 heavy (non-hydrogen) atoms. The standard InChI is InChI=1S/C30H52N4O4/c1-29(2,3)38-28(35)33(5)18-17-32(4)21-24-22-34(26-12-8-11-19-37-26)31-27(24)23-13-14-25(36-6)30(20-23)15-9-7-10-16-30/h22-23,25-26H,7-21H2,1-6H3/t23-,25+,26?/m0/s1. The Morgan fingerprint density at radius 3 is 2.53 bits per heavy atom. The Bertz CT molecular complexity index is 899. The van der Waals surface area contributed by atoms with Crippen LogP contribution in [-0.4, -0.2) is 78.3 Å². The number of rotatable bonds is 8. The van der Waals surface area contributed by atoms with Gasteiger partial charge < -0.3 is 24.0 Å². The third-order valence-corrected chi connectivity index (χ3v) is 8.89. The lowest BCUT2D eigenvalue weighted by molar-refractivity contribution is -0.0695. The minimum Gasteiger partial charge on any atom is -0.444 e. The van der Waals surface area contributed by atoms with E-state index in [0.29, 0.717) is 24.0 Å². The minimum atomic E-state index is -0.487. The quantitative estimate of drug-likeness (QED) is 0.402. The van der Waals surface area contributed by atoms with Gasteiger partial charge in [0.05, 0.1) is 11.8 Å². The zero-order valence-corrected chi connectivity index (χ0v) is 24.8. The predicted molar refractivity (Wildman–Crippen MR) is 149 cm³/mol. The molecule has 4 rings (SSSR count).